The molecule has 4 rings (SSSR count). The number of nitrogen functional groups attached to an aromatic ring is 1. The van der Waals surface area contributed by atoms with Gasteiger partial charge in [0, 0.05) is 31.6 Å². The SMILES string of the molecule is Cc1cnc(C(C)N2CCN(Cc3nc(N)c4ccccc4n3)CC2)o1. The third-order valence-corrected chi connectivity index (χ3v) is 5.00. The highest BCUT2D eigenvalue weighted by molar-refractivity contribution is 5.87. The van der Waals surface area contributed by atoms with Crippen LogP contribution in [0.1, 0.15) is 30.4 Å². The van der Waals surface area contributed by atoms with Crippen molar-refractivity contribution >= 4 is 16.7 Å². The average Bonchev–Trinajstić information content (AvgIpc) is 3.08. The number of nitrogens with zero attached hydrogens (tertiary/aromatic N) is 5. The van der Waals surface area contributed by atoms with Crippen molar-refractivity contribution in [3.63, 3.8) is 0 Å². The predicted octanol–water partition coefficient (Wildman–Crippen LogP) is 2.39. The predicted molar refractivity (Wildman–Crippen MR) is 100 cm³/mol. The first kappa shape index (κ1) is 16.9. The first-order valence-electron chi connectivity index (χ1n) is 9.00. The molecule has 2 aromatic heterocycles. The van der Waals surface area contributed by atoms with E-state index >= 15 is 0 Å². The van der Waals surface area contributed by atoms with E-state index in [0.717, 1.165) is 61.1 Å². The molecule has 1 aliphatic rings. The van der Waals surface area contributed by atoms with Gasteiger partial charge >= 0.3 is 0 Å². The van der Waals surface area contributed by atoms with E-state index < -0.39 is 0 Å². The lowest BCUT2D eigenvalue weighted by atomic mass is 10.2. The number of aryl methyl sites for hydroxylation is 1. The van der Waals surface area contributed by atoms with Gasteiger partial charge in [-0.2, -0.15) is 0 Å². The summed E-state index contributed by atoms with van der Waals surface area (Å²) in [6, 6.07) is 8.06. The van der Waals surface area contributed by atoms with E-state index in [2.05, 4.69) is 31.7 Å². The number of oxazole rings is 1. The second-order valence-electron chi connectivity index (χ2n) is 6.84. The van der Waals surface area contributed by atoms with Crippen LogP contribution in [0.5, 0.6) is 0 Å². The van der Waals surface area contributed by atoms with Crippen molar-refractivity contribution in [1.82, 2.24) is 24.8 Å². The number of nitrogens with two attached hydrogens (primary N) is 1. The maximum atomic E-state index is 6.10. The molecule has 136 valence electrons. The molecule has 1 atom stereocenters. The van der Waals surface area contributed by atoms with Gasteiger partial charge in [-0.05, 0) is 26.0 Å². The standard InChI is InChI=1S/C19H24N6O/c1-13-11-21-19(26-13)14(2)25-9-7-24(8-10-25)12-17-22-16-6-4-3-5-15(16)18(20)23-17/h3-6,11,14H,7-10,12H2,1-2H3,(H2,20,22,23). The monoisotopic (exact) mass is 352 g/mol. The molecule has 7 nitrogen and oxygen atoms in total. The van der Waals surface area contributed by atoms with Gasteiger partial charge in [0.1, 0.15) is 17.4 Å². The second kappa shape index (κ2) is 7.01. The lowest BCUT2D eigenvalue weighted by Crippen LogP contribution is -2.46. The number of benzene rings is 1. The Morgan fingerprint density at radius 1 is 1.15 bits per heavy atom. The largest absolute Gasteiger partial charge is 0.444 e. The fraction of sp³-hybridized carbons (Fsp3) is 0.421. The van der Waals surface area contributed by atoms with Gasteiger partial charge < -0.3 is 10.2 Å². The van der Waals surface area contributed by atoms with Crippen LogP contribution < -0.4 is 5.73 Å². The van der Waals surface area contributed by atoms with Crippen molar-refractivity contribution in [3.8, 4) is 0 Å². The molecule has 3 aromatic rings. The Morgan fingerprint density at radius 2 is 1.92 bits per heavy atom. The molecule has 26 heavy (non-hydrogen) atoms. The van der Waals surface area contributed by atoms with Crippen LogP contribution in [0.3, 0.4) is 0 Å². The number of aromatic nitrogens is 3. The molecule has 0 saturated carbocycles. The summed E-state index contributed by atoms with van der Waals surface area (Å²) in [5, 5.41) is 0.913. The second-order valence-corrected chi connectivity index (χ2v) is 6.84. The molecule has 7 heteroatoms. The Labute approximate surface area is 152 Å². The molecule has 1 aromatic carbocycles. The van der Waals surface area contributed by atoms with Gasteiger partial charge in [-0.25, -0.2) is 15.0 Å². The van der Waals surface area contributed by atoms with Crippen molar-refractivity contribution in [1.29, 1.82) is 0 Å². The van der Waals surface area contributed by atoms with E-state index in [1.807, 2.05) is 31.2 Å². The molecule has 1 aliphatic heterocycles. The molecule has 1 saturated heterocycles. The van der Waals surface area contributed by atoms with Crippen LogP contribution in [0, 0.1) is 6.92 Å². The molecule has 3 heterocycles. The van der Waals surface area contributed by atoms with E-state index in [1.165, 1.54) is 0 Å². The molecule has 0 radical (unpaired) electrons. The van der Waals surface area contributed by atoms with Crippen LogP contribution in [0.2, 0.25) is 0 Å². The Balaban J connectivity index is 1.39. The maximum absolute atomic E-state index is 6.10. The molecule has 0 bridgehead atoms. The zero-order valence-electron chi connectivity index (χ0n) is 15.2. The van der Waals surface area contributed by atoms with Crippen molar-refractivity contribution in [2.45, 2.75) is 26.4 Å². The number of piperazine rings is 1. The third-order valence-electron chi connectivity index (χ3n) is 5.00. The van der Waals surface area contributed by atoms with E-state index in [4.69, 9.17) is 10.2 Å². The van der Waals surface area contributed by atoms with Crippen molar-refractivity contribution in [3.05, 3.63) is 47.9 Å². The van der Waals surface area contributed by atoms with Gasteiger partial charge in [0.25, 0.3) is 0 Å². The normalized spacial score (nSPS) is 17.6. The fourth-order valence-corrected chi connectivity index (χ4v) is 3.45. The minimum absolute atomic E-state index is 0.193. The van der Waals surface area contributed by atoms with Crippen molar-refractivity contribution < 1.29 is 4.42 Å². The fourth-order valence-electron chi connectivity index (χ4n) is 3.45. The zero-order chi connectivity index (χ0) is 18.1. The van der Waals surface area contributed by atoms with E-state index in [9.17, 15) is 0 Å². The average molecular weight is 352 g/mol. The maximum Gasteiger partial charge on any atom is 0.211 e. The Kier molecular flexibility index (Phi) is 4.57. The van der Waals surface area contributed by atoms with Crippen LogP contribution >= 0.6 is 0 Å². The van der Waals surface area contributed by atoms with Crippen LogP contribution in [0.15, 0.2) is 34.9 Å². The van der Waals surface area contributed by atoms with Crippen LogP contribution in [-0.4, -0.2) is 50.9 Å². The van der Waals surface area contributed by atoms with Crippen molar-refractivity contribution in [2.75, 3.05) is 31.9 Å². The number of hydrogen-bond donors (Lipinski definition) is 1. The topological polar surface area (TPSA) is 84.3 Å². The Morgan fingerprint density at radius 3 is 2.65 bits per heavy atom. The molecule has 1 unspecified atom stereocenters. The van der Waals surface area contributed by atoms with Gasteiger partial charge in [-0.1, -0.05) is 12.1 Å². The highest BCUT2D eigenvalue weighted by atomic mass is 16.4. The number of fused-ring (bicyclic) bond motifs is 1. The number of hydrogen-bond acceptors (Lipinski definition) is 7. The van der Waals surface area contributed by atoms with Gasteiger partial charge in [0.05, 0.1) is 24.3 Å². The lowest BCUT2D eigenvalue weighted by molar-refractivity contribution is 0.0857. The summed E-state index contributed by atoms with van der Waals surface area (Å²) in [7, 11) is 0. The molecular weight excluding hydrogens is 328 g/mol. The molecule has 0 spiro atoms. The molecule has 1 fully saturated rings. The van der Waals surface area contributed by atoms with Crippen LogP contribution in [0.25, 0.3) is 10.9 Å². The lowest BCUT2D eigenvalue weighted by Gasteiger charge is -2.36. The van der Waals surface area contributed by atoms with Crippen LogP contribution in [0.4, 0.5) is 5.82 Å². The Bertz CT molecular complexity index is 900. The van der Waals surface area contributed by atoms with Crippen LogP contribution in [-0.2, 0) is 6.54 Å². The van der Waals surface area contributed by atoms with E-state index in [-0.39, 0.29) is 6.04 Å². The minimum Gasteiger partial charge on any atom is -0.444 e. The highest BCUT2D eigenvalue weighted by Gasteiger charge is 2.25. The molecule has 0 amide bonds. The summed E-state index contributed by atoms with van der Waals surface area (Å²) in [4.78, 5) is 18.3. The van der Waals surface area contributed by atoms with E-state index in [1.54, 1.807) is 6.20 Å². The smallest absolute Gasteiger partial charge is 0.211 e. The highest BCUT2D eigenvalue weighted by Crippen LogP contribution is 2.22. The summed E-state index contributed by atoms with van der Waals surface area (Å²) in [6.45, 7) is 8.64. The number of anilines is 1. The zero-order valence-corrected chi connectivity index (χ0v) is 15.2. The quantitative estimate of drug-likeness (QED) is 0.772. The third kappa shape index (κ3) is 3.40. The first-order chi connectivity index (χ1) is 12.6. The number of para-hydroxylation sites is 1. The minimum atomic E-state index is 0.193. The van der Waals surface area contributed by atoms with Gasteiger partial charge in [-0.3, -0.25) is 9.80 Å². The van der Waals surface area contributed by atoms with E-state index in [0.29, 0.717) is 5.82 Å². The molecule has 0 aliphatic carbocycles. The summed E-state index contributed by atoms with van der Waals surface area (Å²) in [5.41, 5.74) is 7.00. The van der Waals surface area contributed by atoms with Gasteiger partial charge in [-0.15, -0.1) is 0 Å². The summed E-state index contributed by atoms with van der Waals surface area (Å²) >= 11 is 0. The Hall–Kier alpha value is -2.51. The molecular formula is C19H24N6O. The van der Waals surface area contributed by atoms with Gasteiger partial charge in [0.2, 0.25) is 5.89 Å². The summed E-state index contributed by atoms with van der Waals surface area (Å²) in [5.74, 6) is 2.99. The summed E-state index contributed by atoms with van der Waals surface area (Å²) < 4.78 is 5.67. The molecule has 2 N–H and O–H groups in total. The number of rotatable bonds is 4. The first-order valence-corrected chi connectivity index (χ1v) is 9.00. The summed E-state index contributed by atoms with van der Waals surface area (Å²) in [6.07, 6.45) is 1.78. The van der Waals surface area contributed by atoms with Crippen molar-refractivity contribution in [2.24, 2.45) is 0 Å². The van der Waals surface area contributed by atoms with Gasteiger partial charge in [0.15, 0.2) is 0 Å².